The number of fused-ring (bicyclic) bond motifs is 1. The highest BCUT2D eigenvalue weighted by atomic mass is 16.5. The minimum absolute atomic E-state index is 0.0709. The summed E-state index contributed by atoms with van der Waals surface area (Å²) in [5.74, 6) is 0.500. The Hall–Kier alpha value is -2.63. The van der Waals surface area contributed by atoms with Crippen LogP contribution in [0.4, 0.5) is 0 Å². The molecular formula is C26H34N2O3. The first-order valence-electron chi connectivity index (χ1n) is 11.2. The molecule has 1 aliphatic carbocycles. The van der Waals surface area contributed by atoms with Crippen LogP contribution in [0.2, 0.25) is 0 Å². The molecule has 31 heavy (non-hydrogen) atoms. The van der Waals surface area contributed by atoms with Gasteiger partial charge in [-0.1, -0.05) is 42.5 Å². The molecule has 0 radical (unpaired) electrons. The lowest BCUT2D eigenvalue weighted by molar-refractivity contribution is -0.149. The maximum Gasteiger partial charge on any atom is 0.327 e. The molecule has 0 aliphatic heterocycles. The molecule has 1 aliphatic rings. The second-order valence-electron chi connectivity index (χ2n) is 8.38. The van der Waals surface area contributed by atoms with Crippen LogP contribution in [0.3, 0.4) is 0 Å². The Morgan fingerprint density at radius 1 is 1.00 bits per heavy atom. The number of rotatable bonds is 10. The smallest absolute Gasteiger partial charge is 0.327 e. The third-order valence-corrected chi connectivity index (χ3v) is 5.68. The van der Waals surface area contributed by atoms with Gasteiger partial charge >= 0.3 is 5.97 Å². The van der Waals surface area contributed by atoms with Crippen LogP contribution < -0.4 is 16.2 Å². The zero-order chi connectivity index (χ0) is 22.1. The van der Waals surface area contributed by atoms with Gasteiger partial charge in [-0.05, 0) is 74.3 Å². The molecule has 4 N–H and O–H groups in total. The summed E-state index contributed by atoms with van der Waals surface area (Å²) in [6.07, 6.45) is 8.16. The van der Waals surface area contributed by atoms with E-state index < -0.39 is 11.5 Å². The van der Waals surface area contributed by atoms with Crippen LogP contribution >= 0.6 is 0 Å². The highest BCUT2D eigenvalue weighted by Crippen LogP contribution is 2.34. The van der Waals surface area contributed by atoms with Crippen LogP contribution in [0.15, 0.2) is 48.5 Å². The Morgan fingerprint density at radius 2 is 1.77 bits per heavy atom. The van der Waals surface area contributed by atoms with Crippen LogP contribution in [0.5, 0.6) is 5.75 Å². The Labute approximate surface area is 185 Å². The van der Waals surface area contributed by atoms with E-state index in [4.69, 9.17) is 20.9 Å². The maximum atomic E-state index is 11.8. The molecule has 166 valence electrons. The largest absolute Gasteiger partial charge is 0.493 e. The molecule has 0 saturated heterocycles. The van der Waals surface area contributed by atoms with Gasteiger partial charge in [0.25, 0.3) is 0 Å². The summed E-state index contributed by atoms with van der Waals surface area (Å²) in [5.41, 5.74) is 15.3. The molecular weight excluding hydrogens is 388 g/mol. The third-order valence-electron chi connectivity index (χ3n) is 5.68. The van der Waals surface area contributed by atoms with Crippen molar-refractivity contribution in [3.63, 3.8) is 0 Å². The number of hydrogen-bond acceptors (Lipinski definition) is 5. The van der Waals surface area contributed by atoms with E-state index in [2.05, 4.69) is 54.6 Å². The van der Waals surface area contributed by atoms with Gasteiger partial charge in [-0.25, -0.2) is 0 Å². The van der Waals surface area contributed by atoms with Gasteiger partial charge in [0.2, 0.25) is 0 Å². The fraction of sp³-hybridized carbons (Fsp3) is 0.423. The van der Waals surface area contributed by atoms with Crippen molar-refractivity contribution in [1.82, 2.24) is 0 Å². The number of hydrogen-bond donors (Lipinski definition) is 2. The first kappa shape index (κ1) is 23.0. The van der Waals surface area contributed by atoms with E-state index in [1.807, 2.05) is 0 Å². The molecule has 1 unspecified atom stereocenters. The molecule has 0 aromatic heterocycles. The fourth-order valence-corrected chi connectivity index (χ4v) is 3.67. The van der Waals surface area contributed by atoms with E-state index in [1.54, 1.807) is 6.92 Å². The molecule has 2 aromatic rings. The zero-order valence-electron chi connectivity index (χ0n) is 18.4. The lowest BCUT2D eigenvalue weighted by Gasteiger charge is -2.20. The van der Waals surface area contributed by atoms with Crippen LogP contribution in [-0.2, 0) is 16.0 Å². The van der Waals surface area contributed by atoms with Crippen molar-refractivity contribution < 1.29 is 14.3 Å². The van der Waals surface area contributed by atoms with Crippen LogP contribution in [0, 0.1) is 0 Å². The molecule has 3 rings (SSSR count). The molecule has 0 saturated carbocycles. The number of ether oxygens (including phenoxy) is 2. The number of carbonyl (C=O) groups is 1. The summed E-state index contributed by atoms with van der Waals surface area (Å²) in [7, 11) is 0. The van der Waals surface area contributed by atoms with Crippen molar-refractivity contribution in [1.29, 1.82) is 0 Å². The van der Waals surface area contributed by atoms with Gasteiger partial charge in [0.15, 0.2) is 0 Å². The lowest BCUT2D eigenvalue weighted by atomic mass is 10.0. The van der Waals surface area contributed by atoms with Crippen molar-refractivity contribution in [2.24, 2.45) is 11.5 Å². The third kappa shape index (κ3) is 6.42. The van der Waals surface area contributed by atoms with Crippen molar-refractivity contribution >= 4 is 17.6 Å². The standard InChI is InChI=1S/C26H34N2O3/c1-26(28,19-27)25(29)31-17-7-3-6-16-30-24-15-9-13-21-12-8-14-22(18-23(21)24)20-10-4-2-5-11-20/h2,4-5,9-11,13,15,18H,3,6-8,12,14,16-17,19,27-28H2,1H3. The van der Waals surface area contributed by atoms with E-state index in [9.17, 15) is 4.79 Å². The average molecular weight is 423 g/mol. The van der Waals surface area contributed by atoms with E-state index in [0.717, 1.165) is 44.3 Å². The Morgan fingerprint density at radius 3 is 2.55 bits per heavy atom. The second kappa shape index (κ2) is 11.1. The monoisotopic (exact) mass is 422 g/mol. The first-order chi connectivity index (χ1) is 15.0. The second-order valence-corrected chi connectivity index (χ2v) is 8.38. The van der Waals surface area contributed by atoms with Crippen LogP contribution in [-0.4, -0.2) is 31.3 Å². The molecule has 0 heterocycles. The summed E-state index contributed by atoms with van der Waals surface area (Å²) in [4.78, 5) is 11.8. The summed E-state index contributed by atoms with van der Waals surface area (Å²) in [5, 5.41) is 0. The topological polar surface area (TPSA) is 87.6 Å². The van der Waals surface area contributed by atoms with Gasteiger partial charge in [0.05, 0.1) is 13.2 Å². The number of benzene rings is 2. The summed E-state index contributed by atoms with van der Waals surface area (Å²) in [6, 6.07) is 16.9. The van der Waals surface area contributed by atoms with E-state index in [1.165, 1.54) is 22.3 Å². The molecule has 0 amide bonds. The highest BCUT2D eigenvalue weighted by molar-refractivity contribution is 5.84. The SMILES string of the molecule is CC(N)(CN)C(=O)OCCCCCOc1cccc2c1C=C(c1ccccc1)CCC2. The van der Waals surface area contributed by atoms with Crippen molar-refractivity contribution in [2.75, 3.05) is 19.8 Å². The van der Waals surface area contributed by atoms with E-state index in [0.29, 0.717) is 13.2 Å². The normalized spacial score (nSPS) is 15.3. The van der Waals surface area contributed by atoms with Crippen molar-refractivity contribution in [3.05, 3.63) is 65.2 Å². The van der Waals surface area contributed by atoms with Crippen LogP contribution in [0.1, 0.15) is 55.7 Å². The number of esters is 1. The minimum atomic E-state index is -1.11. The number of allylic oxidation sites excluding steroid dienone is 1. The van der Waals surface area contributed by atoms with Crippen molar-refractivity contribution in [3.8, 4) is 5.75 Å². The van der Waals surface area contributed by atoms with Crippen LogP contribution in [0.25, 0.3) is 11.6 Å². The molecule has 0 spiro atoms. The Kier molecular flexibility index (Phi) is 8.27. The molecule has 0 fully saturated rings. The predicted octanol–water partition coefficient (Wildman–Crippen LogP) is 4.33. The van der Waals surface area contributed by atoms with Gasteiger partial charge in [-0.3, -0.25) is 4.79 Å². The fourth-order valence-electron chi connectivity index (χ4n) is 3.67. The predicted molar refractivity (Wildman–Crippen MR) is 126 cm³/mol. The zero-order valence-corrected chi connectivity index (χ0v) is 18.4. The van der Waals surface area contributed by atoms with Gasteiger partial charge < -0.3 is 20.9 Å². The number of aryl methyl sites for hydroxylation is 1. The van der Waals surface area contributed by atoms with E-state index >= 15 is 0 Å². The van der Waals surface area contributed by atoms with E-state index in [-0.39, 0.29) is 6.54 Å². The summed E-state index contributed by atoms with van der Waals surface area (Å²) >= 11 is 0. The summed E-state index contributed by atoms with van der Waals surface area (Å²) < 4.78 is 11.4. The van der Waals surface area contributed by atoms with Gasteiger partial charge in [-0.2, -0.15) is 0 Å². The average Bonchev–Trinajstić information content (AvgIpc) is 3.02. The first-order valence-corrected chi connectivity index (χ1v) is 11.2. The maximum absolute atomic E-state index is 11.8. The number of unbranched alkanes of at least 4 members (excludes halogenated alkanes) is 2. The Bertz CT molecular complexity index is 891. The molecule has 0 bridgehead atoms. The molecule has 2 aromatic carbocycles. The van der Waals surface area contributed by atoms with Gasteiger partial charge in [0, 0.05) is 12.1 Å². The quantitative estimate of drug-likeness (QED) is 0.439. The van der Waals surface area contributed by atoms with Crippen molar-refractivity contribution in [2.45, 2.75) is 51.0 Å². The van der Waals surface area contributed by atoms with Gasteiger partial charge in [0.1, 0.15) is 11.3 Å². The lowest BCUT2D eigenvalue weighted by Crippen LogP contribution is -2.52. The molecule has 1 atom stereocenters. The Balaban J connectivity index is 1.52. The minimum Gasteiger partial charge on any atom is -0.493 e. The number of carbonyl (C=O) groups excluding carboxylic acids is 1. The molecule has 5 nitrogen and oxygen atoms in total. The summed E-state index contributed by atoms with van der Waals surface area (Å²) in [6.45, 7) is 2.65. The number of nitrogens with two attached hydrogens (primary N) is 2. The van der Waals surface area contributed by atoms with Gasteiger partial charge in [-0.15, -0.1) is 0 Å². The highest BCUT2D eigenvalue weighted by Gasteiger charge is 2.28. The molecule has 5 heteroatoms.